The quantitative estimate of drug-likeness (QED) is 0.626. The van der Waals surface area contributed by atoms with Crippen LogP contribution in [0.3, 0.4) is 0 Å². The monoisotopic (exact) mass is 341 g/mol. The number of nitrogens with zero attached hydrogens (tertiary/aromatic N) is 1. The molecular formula is C19H23N3O3. The maximum absolute atomic E-state index is 12.8. The van der Waals surface area contributed by atoms with Crippen molar-refractivity contribution in [3.05, 3.63) is 47.0 Å². The molecule has 25 heavy (non-hydrogen) atoms. The van der Waals surface area contributed by atoms with Crippen molar-refractivity contribution in [1.82, 2.24) is 15.5 Å². The van der Waals surface area contributed by atoms with Crippen LogP contribution in [0.2, 0.25) is 0 Å². The highest BCUT2D eigenvalue weighted by atomic mass is 16.2. The van der Waals surface area contributed by atoms with Crippen molar-refractivity contribution in [3.63, 3.8) is 0 Å². The molecule has 0 radical (unpaired) electrons. The van der Waals surface area contributed by atoms with Crippen LogP contribution >= 0.6 is 0 Å². The third-order valence-electron chi connectivity index (χ3n) is 4.65. The van der Waals surface area contributed by atoms with Crippen LogP contribution < -0.4 is 10.6 Å². The summed E-state index contributed by atoms with van der Waals surface area (Å²) in [5.74, 6) is -1.25. The predicted molar refractivity (Wildman–Crippen MR) is 94.1 cm³/mol. The summed E-state index contributed by atoms with van der Waals surface area (Å²) in [6.45, 7) is 5.84. The molecule has 3 rings (SSSR count). The van der Waals surface area contributed by atoms with Gasteiger partial charge in [-0.25, -0.2) is 0 Å². The number of rotatable bonds is 5. The van der Waals surface area contributed by atoms with Crippen LogP contribution in [0.5, 0.6) is 0 Å². The Bertz CT molecular complexity index is 704. The Hall–Kier alpha value is -2.47. The average Bonchev–Trinajstić information content (AvgIpc) is 2.86. The lowest BCUT2D eigenvalue weighted by atomic mass is 10.0. The molecule has 2 N–H and O–H groups in total. The van der Waals surface area contributed by atoms with E-state index in [9.17, 15) is 14.4 Å². The third-order valence-corrected chi connectivity index (χ3v) is 4.65. The molecule has 6 nitrogen and oxygen atoms in total. The van der Waals surface area contributed by atoms with Crippen LogP contribution in [-0.4, -0.2) is 48.3 Å². The van der Waals surface area contributed by atoms with E-state index in [4.69, 9.17) is 0 Å². The minimum absolute atomic E-state index is 0.177. The second-order valence-corrected chi connectivity index (χ2v) is 6.75. The molecule has 132 valence electrons. The highest BCUT2D eigenvalue weighted by Crippen LogP contribution is 2.27. The first-order valence-electron chi connectivity index (χ1n) is 8.64. The van der Waals surface area contributed by atoms with Crippen LogP contribution in [0.4, 0.5) is 0 Å². The summed E-state index contributed by atoms with van der Waals surface area (Å²) in [5, 5.41) is 6.12. The van der Waals surface area contributed by atoms with Gasteiger partial charge in [0.15, 0.2) is 0 Å². The summed E-state index contributed by atoms with van der Waals surface area (Å²) in [4.78, 5) is 39.2. The van der Waals surface area contributed by atoms with E-state index in [-0.39, 0.29) is 11.8 Å². The van der Waals surface area contributed by atoms with Gasteiger partial charge in [-0.2, -0.15) is 0 Å². The number of imide groups is 1. The summed E-state index contributed by atoms with van der Waals surface area (Å²) in [7, 11) is 0. The van der Waals surface area contributed by atoms with Crippen LogP contribution in [0.25, 0.3) is 0 Å². The predicted octanol–water partition coefficient (Wildman–Crippen LogP) is 1.34. The van der Waals surface area contributed by atoms with Crippen LogP contribution in [0.1, 0.15) is 41.0 Å². The molecule has 0 aliphatic carbocycles. The fraction of sp³-hybridized carbons (Fsp3) is 0.421. The van der Waals surface area contributed by atoms with Crippen molar-refractivity contribution in [2.75, 3.05) is 19.6 Å². The summed E-state index contributed by atoms with van der Waals surface area (Å²) in [6.07, 6.45) is 2.95. The Morgan fingerprint density at radius 1 is 1.20 bits per heavy atom. The number of benzene rings is 1. The van der Waals surface area contributed by atoms with Gasteiger partial charge in [-0.15, -0.1) is 0 Å². The maximum atomic E-state index is 12.8. The third kappa shape index (κ3) is 3.35. The van der Waals surface area contributed by atoms with E-state index in [0.717, 1.165) is 30.0 Å². The summed E-state index contributed by atoms with van der Waals surface area (Å²) < 4.78 is 0. The number of fused-ring (bicyclic) bond motifs is 1. The van der Waals surface area contributed by atoms with Gasteiger partial charge < -0.3 is 10.6 Å². The fourth-order valence-electron chi connectivity index (χ4n) is 3.31. The first-order chi connectivity index (χ1) is 12.0. The van der Waals surface area contributed by atoms with Gasteiger partial charge in [0.05, 0.1) is 11.1 Å². The molecule has 1 atom stereocenters. The van der Waals surface area contributed by atoms with Crippen molar-refractivity contribution in [1.29, 1.82) is 0 Å². The fourth-order valence-corrected chi connectivity index (χ4v) is 3.31. The zero-order valence-electron chi connectivity index (χ0n) is 14.5. The smallest absolute Gasteiger partial charge is 0.262 e. The van der Waals surface area contributed by atoms with E-state index >= 15 is 0 Å². The van der Waals surface area contributed by atoms with Gasteiger partial charge in [-0.05, 0) is 31.0 Å². The van der Waals surface area contributed by atoms with Crippen LogP contribution in [0.15, 0.2) is 35.9 Å². The molecule has 2 heterocycles. The average molecular weight is 341 g/mol. The molecule has 1 aromatic carbocycles. The Balaban J connectivity index is 1.77. The van der Waals surface area contributed by atoms with Crippen molar-refractivity contribution < 1.29 is 14.4 Å². The maximum Gasteiger partial charge on any atom is 0.262 e. The summed E-state index contributed by atoms with van der Waals surface area (Å²) in [6, 6.07) is 5.90. The van der Waals surface area contributed by atoms with E-state index in [1.54, 1.807) is 24.3 Å². The lowest BCUT2D eigenvalue weighted by Gasteiger charge is -2.28. The van der Waals surface area contributed by atoms with Gasteiger partial charge in [0.2, 0.25) is 5.91 Å². The molecule has 0 saturated heterocycles. The second kappa shape index (κ2) is 7.19. The number of hydrogen-bond acceptors (Lipinski definition) is 4. The van der Waals surface area contributed by atoms with Crippen molar-refractivity contribution in [3.8, 4) is 0 Å². The molecule has 6 heteroatoms. The van der Waals surface area contributed by atoms with E-state index in [0.29, 0.717) is 17.7 Å². The lowest BCUT2D eigenvalue weighted by Crippen LogP contribution is -2.52. The van der Waals surface area contributed by atoms with Gasteiger partial charge in [0.1, 0.15) is 6.04 Å². The number of hydrogen-bond donors (Lipinski definition) is 2. The molecule has 2 aliphatic rings. The lowest BCUT2D eigenvalue weighted by molar-refractivity contribution is -0.126. The largest absolute Gasteiger partial charge is 0.351 e. The van der Waals surface area contributed by atoms with Crippen molar-refractivity contribution in [2.45, 2.75) is 26.3 Å². The highest BCUT2D eigenvalue weighted by Gasteiger charge is 2.43. The number of nitrogens with one attached hydrogen (secondary N) is 2. The zero-order valence-corrected chi connectivity index (χ0v) is 14.5. The highest BCUT2D eigenvalue weighted by molar-refractivity contribution is 6.22. The summed E-state index contributed by atoms with van der Waals surface area (Å²) >= 11 is 0. The molecule has 0 saturated carbocycles. The molecule has 0 spiro atoms. The SMILES string of the molecule is CC(C)C(C(=O)NCC1=CCNCC1)N1C(=O)c2ccccc2C1=O. The van der Waals surface area contributed by atoms with E-state index in [1.807, 2.05) is 13.8 Å². The number of amides is 3. The van der Waals surface area contributed by atoms with Crippen LogP contribution in [0, 0.1) is 5.92 Å². The van der Waals surface area contributed by atoms with E-state index in [1.165, 1.54) is 0 Å². The Morgan fingerprint density at radius 3 is 2.36 bits per heavy atom. The van der Waals surface area contributed by atoms with Gasteiger partial charge >= 0.3 is 0 Å². The normalized spacial score (nSPS) is 18.2. The van der Waals surface area contributed by atoms with Gasteiger partial charge in [-0.3, -0.25) is 19.3 Å². The first kappa shape index (κ1) is 17.4. The zero-order chi connectivity index (χ0) is 18.0. The Kier molecular flexibility index (Phi) is 4.99. The minimum Gasteiger partial charge on any atom is -0.351 e. The number of carbonyl (C=O) groups excluding carboxylic acids is 3. The Morgan fingerprint density at radius 2 is 1.84 bits per heavy atom. The standard InChI is InChI=1S/C19H23N3O3/c1-12(2)16(17(23)21-11-13-7-9-20-10-8-13)22-18(24)14-5-3-4-6-15(14)19(22)25/h3-7,12,16,20H,8-11H2,1-2H3,(H,21,23). The Labute approximate surface area is 147 Å². The minimum atomic E-state index is -0.810. The van der Waals surface area contributed by atoms with Gasteiger partial charge in [-0.1, -0.05) is 37.6 Å². The van der Waals surface area contributed by atoms with Crippen molar-refractivity contribution in [2.24, 2.45) is 5.92 Å². The molecular weight excluding hydrogens is 318 g/mol. The molecule has 0 aromatic heterocycles. The van der Waals surface area contributed by atoms with Crippen LogP contribution in [-0.2, 0) is 4.79 Å². The molecule has 1 aromatic rings. The second-order valence-electron chi connectivity index (χ2n) is 6.75. The molecule has 0 bridgehead atoms. The molecule has 3 amide bonds. The molecule has 0 fully saturated rings. The van der Waals surface area contributed by atoms with E-state index < -0.39 is 17.9 Å². The summed E-state index contributed by atoms with van der Waals surface area (Å²) in [5.41, 5.74) is 1.90. The topological polar surface area (TPSA) is 78.5 Å². The first-order valence-corrected chi connectivity index (χ1v) is 8.64. The number of carbonyl (C=O) groups is 3. The van der Waals surface area contributed by atoms with Crippen molar-refractivity contribution >= 4 is 17.7 Å². The van der Waals surface area contributed by atoms with E-state index in [2.05, 4.69) is 16.7 Å². The molecule has 1 unspecified atom stereocenters. The van der Waals surface area contributed by atoms with Gasteiger partial charge in [0, 0.05) is 13.1 Å². The van der Waals surface area contributed by atoms with Gasteiger partial charge in [0.25, 0.3) is 11.8 Å². The molecule has 2 aliphatic heterocycles.